The first-order valence-corrected chi connectivity index (χ1v) is 9.24. The van der Waals surface area contributed by atoms with Crippen LogP contribution in [0.1, 0.15) is 19.8 Å². The summed E-state index contributed by atoms with van der Waals surface area (Å²) in [5, 5.41) is 7.05. The van der Waals surface area contributed by atoms with Crippen molar-refractivity contribution in [2.24, 2.45) is 4.99 Å². The van der Waals surface area contributed by atoms with Gasteiger partial charge in [-0.1, -0.05) is 24.9 Å². The van der Waals surface area contributed by atoms with Crippen molar-refractivity contribution in [3.05, 3.63) is 29.3 Å². The van der Waals surface area contributed by atoms with Gasteiger partial charge in [-0.2, -0.15) is 0 Å². The summed E-state index contributed by atoms with van der Waals surface area (Å²) in [5.74, 6) is 0.788. The van der Waals surface area contributed by atoms with E-state index >= 15 is 0 Å². The molecule has 1 aliphatic heterocycles. The van der Waals surface area contributed by atoms with E-state index in [9.17, 15) is 4.79 Å². The van der Waals surface area contributed by atoms with Gasteiger partial charge in [0.15, 0.2) is 5.96 Å². The van der Waals surface area contributed by atoms with Gasteiger partial charge >= 0.3 is 0 Å². The lowest BCUT2D eigenvalue weighted by molar-refractivity contribution is -0.130. The van der Waals surface area contributed by atoms with Gasteiger partial charge in [0.25, 0.3) is 0 Å². The maximum Gasteiger partial charge on any atom is 0.242 e. The van der Waals surface area contributed by atoms with E-state index in [1.54, 1.807) is 7.05 Å². The molecule has 0 saturated carbocycles. The number of nitrogens with one attached hydrogen (secondary N) is 2. The Bertz CT molecular complexity index is 567. The molecule has 0 unspecified atom stereocenters. The highest BCUT2D eigenvalue weighted by Crippen LogP contribution is 2.19. The average Bonchev–Trinajstić information content (AvgIpc) is 2.65. The highest BCUT2D eigenvalue weighted by atomic mass is 35.5. The van der Waals surface area contributed by atoms with Crippen molar-refractivity contribution in [3.8, 4) is 0 Å². The number of amides is 1. The molecule has 1 aliphatic rings. The Balaban J connectivity index is 1.74. The van der Waals surface area contributed by atoms with E-state index in [1.807, 2.05) is 29.2 Å². The van der Waals surface area contributed by atoms with Crippen molar-refractivity contribution in [2.45, 2.75) is 19.8 Å². The minimum Gasteiger partial charge on any atom is -0.368 e. The number of hydrogen-bond donors (Lipinski definition) is 2. The molecule has 1 saturated heterocycles. The third-order valence-electron chi connectivity index (χ3n) is 4.28. The summed E-state index contributed by atoms with van der Waals surface area (Å²) < 4.78 is 0. The maximum absolute atomic E-state index is 12.4. The smallest absolute Gasteiger partial charge is 0.242 e. The van der Waals surface area contributed by atoms with Crippen LogP contribution in [-0.2, 0) is 4.79 Å². The number of guanidine groups is 1. The Morgan fingerprint density at radius 2 is 1.84 bits per heavy atom. The van der Waals surface area contributed by atoms with Gasteiger partial charge in [-0.05, 0) is 30.7 Å². The predicted octanol–water partition coefficient (Wildman–Crippen LogP) is 1.95. The third-order valence-corrected chi connectivity index (χ3v) is 4.53. The summed E-state index contributed by atoms with van der Waals surface area (Å²) in [6.07, 6.45) is 2.21. The van der Waals surface area contributed by atoms with E-state index in [1.165, 1.54) is 0 Å². The van der Waals surface area contributed by atoms with Gasteiger partial charge in [0.2, 0.25) is 5.91 Å². The topological polar surface area (TPSA) is 60.0 Å². The monoisotopic (exact) mass is 365 g/mol. The van der Waals surface area contributed by atoms with E-state index < -0.39 is 0 Å². The SMILES string of the molecule is CCCCNC(=NC)NCC(=O)N1CCN(c2ccc(Cl)cc2)CC1. The maximum atomic E-state index is 12.4. The van der Waals surface area contributed by atoms with Crippen molar-refractivity contribution in [1.82, 2.24) is 15.5 Å². The van der Waals surface area contributed by atoms with E-state index in [0.717, 1.165) is 56.3 Å². The first-order valence-electron chi connectivity index (χ1n) is 8.87. The van der Waals surface area contributed by atoms with Crippen LogP contribution >= 0.6 is 11.6 Å². The number of nitrogens with zero attached hydrogens (tertiary/aromatic N) is 3. The van der Waals surface area contributed by atoms with Gasteiger partial charge in [-0.3, -0.25) is 9.79 Å². The molecular weight excluding hydrogens is 338 g/mol. The standard InChI is InChI=1S/C18H28ClN5O/c1-3-4-9-21-18(20-2)22-14-17(25)24-12-10-23(11-13-24)16-7-5-15(19)6-8-16/h5-8H,3-4,9-14H2,1-2H3,(H2,20,21,22). The zero-order valence-corrected chi connectivity index (χ0v) is 15.9. The van der Waals surface area contributed by atoms with Crippen LogP contribution in [0.25, 0.3) is 0 Å². The lowest BCUT2D eigenvalue weighted by atomic mass is 10.2. The second-order valence-corrected chi connectivity index (χ2v) is 6.49. The second kappa shape index (κ2) is 10.1. The zero-order valence-electron chi connectivity index (χ0n) is 15.1. The molecule has 0 radical (unpaired) electrons. The number of carbonyl (C=O) groups excluding carboxylic acids is 1. The Labute approximate surface area is 155 Å². The number of aliphatic imine (C=N–C) groups is 1. The minimum absolute atomic E-state index is 0.106. The summed E-state index contributed by atoms with van der Waals surface area (Å²) in [6.45, 7) is 6.39. The number of carbonyl (C=O) groups is 1. The van der Waals surface area contributed by atoms with Crippen LogP contribution in [0.2, 0.25) is 5.02 Å². The molecule has 0 aliphatic carbocycles. The number of piperazine rings is 1. The highest BCUT2D eigenvalue weighted by Gasteiger charge is 2.21. The summed E-state index contributed by atoms with van der Waals surface area (Å²) >= 11 is 5.93. The second-order valence-electron chi connectivity index (χ2n) is 6.05. The normalized spacial score (nSPS) is 15.2. The summed E-state index contributed by atoms with van der Waals surface area (Å²) in [5.41, 5.74) is 1.15. The fraction of sp³-hybridized carbons (Fsp3) is 0.556. The molecule has 25 heavy (non-hydrogen) atoms. The molecule has 0 aromatic heterocycles. The van der Waals surface area contributed by atoms with Gasteiger partial charge in [0, 0.05) is 50.5 Å². The molecule has 0 atom stereocenters. The van der Waals surface area contributed by atoms with Gasteiger partial charge in [0.1, 0.15) is 0 Å². The summed E-state index contributed by atoms with van der Waals surface area (Å²) in [4.78, 5) is 20.7. The van der Waals surface area contributed by atoms with Gasteiger partial charge in [-0.15, -0.1) is 0 Å². The van der Waals surface area contributed by atoms with Crippen molar-refractivity contribution in [2.75, 3.05) is 51.2 Å². The average molecular weight is 366 g/mol. The van der Waals surface area contributed by atoms with Gasteiger partial charge in [0.05, 0.1) is 6.54 Å². The minimum atomic E-state index is 0.106. The van der Waals surface area contributed by atoms with Crippen LogP contribution in [-0.4, -0.2) is 63.1 Å². The quantitative estimate of drug-likeness (QED) is 0.459. The Kier molecular flexibility index (Phi) is 7.85. The number of benzene rings is 1. The number of rotatable bonds is 6. The fourth-order valence-corrected chi connectivity index (χ4v) is 2.87. The first kappa shape index (κ1) is 19.4. The number of unbranched alkanes of at least 4 members (excludes halogenated alkanes) is 1. The van der Waals surface area contributed by atoms with Crippen LogP contribution in [0.5, 0.6) is 0 Å². The zero-order chi connectivity index (χ0) is 18.1. The van der Waals surface area contributed by atoms with E-state index in [0.29, 0.717) is 5.96 Å². The summed E-state index contributed by atoms with van der Waals surface area (Å²) in [6, 6.07) is 7.84. The lowest BCUT2D eigenvalue weighted by Gasteiger charge is -2.36. The Morgan fingerprint density at radius 1 is 1.16 bits per heavy atom. The van der Waals surface area contributed by atoms with Crippen LogP contribution < -0.4 is 15.5 Å². The van der Waals surface area contributed by atoms with E-state index in [2.05, 4.69) is 27.4 Å². The molecule has 2 rings (SSSR count). The number of halogens is 1. The molecule has 1 amide bonds. The Morgan fingerprint density at radius 3 is 2.44 bits per heavy atom. The predicted molar refractivity (Wildman–Crippen MR) is 105 cm³/mol. The summed E-state index contributed by atoms with van der Waals surface area (Å²) in [7, 11) is 1.72. The van der Waals surface area contributed by atoms with Crippen molar-refractivity contribution >= 4 is 29.2 Å². The van der Waals surface area contributed by atoms with Crippen molar-refractivity contribution in [3.63, 3.8) is 0 Å². The highest BCUT2D eigenvalue weighted by molar-refractivity contribution is 6.30. The van der Waals surface area contributed by atoms with Crippen LogP contribution in [0, 0.1) is 0 Å². The Hall–Kier alpha value is -1.95. The molecule has 0 spiro atoms. The van der Waals surface area contributed by atoms with Crippen LogP contribution in [0.4, 0.5) is 5.69 Å². The first-order chi connectivity index (χ1) is 12.1. The van der Waals surface area contributed by atoms with E-state index in [4.69, 9.17) is 11.6 Å². The molecule has 0 bridgehead atoms. The van der Waals surface area contributed by atoms with Crippen molar-refractivity contribution in [1.29, 1.82) is 0 Å². The molecule has 7 heteroatoms. The lowest BCUT2D eigenvalue weighted by Crippen LogP contribution is -2.52. The van der Waals surface area contributed by atoms with Gasteiger partial charge < -0.3 is 20.4 Å². The molecule has 6 nitrogen and oxygen atoms in total. The fourth-order valence-electron chi connectivity index (χ4n) is 2.74. The molecule has 1 aromatic carbocycles. The van der Waals surface area contributed by atoms with Crippen LogP contribution in [0.3, 0.4) is 0 Å². The molecule has 2 N–H and O–H groups in total. The molecule has 1 heterocycles. The largest absolute Gasteiger partial charge is 0.368 e. The number of anilines is 1. The molecule has 1 fully saturated rings. The molecule has 138 valence electrons. The van der Waals surface area contributed by atoms with Crippen molar-refractivity contribution < 1.29 is 4.79 Å². The van der Waals surface area contributed by atoms with Gasteiger partial charge in [-0.25, -0.2) is 0 Å². The molecule has 1 aromatic rings. The van der Waals surface area contributed by atoms with Crippen LogP contribution in [0.15, 0.2) is 29.3 Å². The molecular formula is C18H28ClN5O. The number of hydrogen-bond acceptors (Lipinski definition) is 3. The van der Waals surface area contributed by atoms with E-state index in [-0.39, 0.29) is 12.5 Å². The third kappa shape index (κ3) is 6.12.